The van der Waals surface area contributed by atoms with Crippen LogP contribution in [0.25, 0.3) is 0 Å². The number of amides is 3. The highest BCUT2D eigenvalue weighted by molar-refractivity contribution is 5.73. The summed E-state index contributed by atoms with van der Waals surface area (Å²) >= 11 is 0. The fourth-order valence-electron chi connectivity index (χ4n) is 2.89. The van der Waals surface area contributed by atoms with Gasteiger partial charge in [0.15, 0.2) is 0 Å². The highest BCUT2D eigenvalue weighted by Gasteiger charge is 2.20. The van der Waals surface area contributed by atoms with E-state index in [-0.39, 0.29) is 18.3 Å². The van der Waals surface area contributed by atoms with Gasteiger partial charge < -0.3 is 20.8 Å². The fraction of sp³-hybridized carbons (Fsp3) is 0.800. The minimum Gasteiger partial charge on any atom is -0.352 e. The van der Waals surface area contributed by atoms with Gasteiger partial charge in [0, 0.05) is 13.1 Å². The zero-order valence-electron chi connectivity index (χ0n) is 16.9. The molecule has 0 saturated carbocycles. The van der Waals surface area contributed by atoms with Crippen LogP contribution in [0.2, 0.25) is 0 Å². The molecule has 0 bridgehead atoms. The lowest BCUT2D eigenvalue weighted by Crippen LogP contribution is -2.36. The molecule has 1 fully saturated rings. The first-order chi connectivity index (χ1) is 13.2. The Kier molecular flexibility index (Phi) is 14.2. The average Bonchev–Trinajstić information content (AvgIpc) is 3.08. The number of nitrogens with one attached hydrogen (secondary N) is 4. The van der Waals surface area contributed by atoms with Crippen molar-refractivity contribution in [3.05, 3.63) is 12.2 Å². The number of hydroxylamine groups is 1. The van der Waals surface area contributed by atoms with E-state index in [1.54, 1.807) is 0 Å². The third-order valence-electron chi connectivity index (χ3n) is 4.52. The van der Waals surface area contributed by atoms with Crippen molar-refractivity contribution >= 4 is 12.1 Å². The molecule has 7 heteroatoms. The predicted molar refractivity (Wildman–Crippen MR) is 108 cm³/mol. The molecule has 1 heterocycles. The second-order valence-electron chi connectivity index (χ2n) is 7.05. The molecule has 1 unspecified atom stereocenters. The molecule has 1 aliphatic rings. The van der Waals surface area contributed by atoms with E-state index in [1.807, 2.05) is 0 Å². The van der Waals surface area contributed by atoms with Gasteiger partial charge in [-0.1, -0.05) is 44.8 Å². The molecule has 0 radical (unpaired) electrons. The van der Waals surface area contributed by atoms with Gasteiger partial charge in [-0.3, -0.25) is 0 Å². The molecule has 1 rings (SSSR count). The normalized spacial score (nSPS) is 16.3. The number of hydrogen-bond acceptors (Lipinski definition) is 4. The van der Waals surface area contributed by atoms with E-state index in [4.69, 9.17) is 0 Å². The molecule has 1 aliphatic heterocycles. The summed E-state index contributed by atoms with van der Waals surface area (Å²) in [5.41, 5.74) is 2.67. The van der Waals surface area contributed by atoms with E-state index in [0.29, 0.717) is 0 Å². The Morgan fingerprint density at radius 1 is 0.963 bits per heavy atom. The summed E-state index contributed by atoms with van der Waals surface area (Å²) in [6.07, 6.45) is 17.4. The van der Waals surface area contributed by atoms with Gasteiger partial charge in [0.05, 0.1) is 0 Å². The van der Waals surface area contributed by atoms with Crippen molar-refractivity contribution in [3.63, 3.8) is 0 Å². The van der Waals surface area contributed by atoms with Crippen LogP contribution in [0.5, 0.6) is 0 Å². The van der Waals surface area contributed by atoms with Crippen LogP contribution in [0.4, 0.5) is 9.59 Å². The zero-order valence-corrected chi connectivity index (χ0v) is 16.9. The van der Waals surface area contributed by atoms with Crippen molar-refractivity contribution in [2.45, 2.75) is 90.1 Å². The minimum absolute atomic E-state index is 0.0287. The number of carbonyl (C=O) groups is 2. The largest absolute Gasteiger partial charge is 0.427 e. The fourth-order valence-corrected chi connectivity index (χ4v) is 2.89. The number of rotatable bonds is 16. The summed E-state index contributed by atoms with van der Waals surface area (Å²) in [6, 6.07) is -0.0414. The molecule has 0 aromatic rings. The summed E-state index contributed by atoms with van der Waals surface area (Å²) in [5, 5.41) is 8.49. The van der Waals surface area contributed by atoms with Crippen molar-refractivity contribution in [3.8, 4) is 0 Å². The van der Waals surface area contributed by atoms with E-state index < -0.39 is 0 Å². The number of allylic oxidation sites excluding steroid dienone is 2. The zero-order chi connectivity index (χ0) is 19.6. The van der Waals surface area contributed by atoms with Crippen molar-refractivity contribution in [1.29, 1.82) is 0 Å². The molecule has 156 valence electrons. The van der Waals surface area contributed by atoms with Crippen molar-refractivity contribution < 1.29 is 14.4 Å². The molecule has 0 aromatic heterocycles. The first-order valence-electron chi connectivity index (χ1n) is 10.6. The molecule has 27 heavy (non-hydrogen) atoms. The second-order valence-corrected chi connectivity index (χ2v) is 7.05. The first-order valence-corrected chi connectivity index (χ1v) is 10.6. The van der Waals surface area contributed by atoms with Gasteiger partial charge in [-0.05, 0) is 51.4 Å². The molecule has 0 spiro atoms. The summed E-state index contributed by atoms with van der Waals surface area (Å²) in [6.45, 7) is 3.67. The molecule has 7 nitrogen and oxygen atoms in total. The highest BCUT2D eigenvalue weighted by atomic mass is 16.7. The molecule has 1 atom stereocenters. The maximum Gasteiger partial charge on any atom is 0.427 e. The lowest BCUT2D eigenvalue weighted by atomic mass is 10.1. The summed E-state index contributed by atoms with van der Waals surface area (Å²) < 4.78 is 0. The molecular weight excluding hydrogens is 344 g/mol. The van der Waals surface area contributed by atoms with Crippen molar-refractivity contribution in [2.24, 2.45) is 0 Å². The first kappa shape index (κ1) is 23.3. The molecule has 4 N–H and O–H groups in total. The summed E-state index contributed by atoms with van der Waals surface area (Å²) in [5.74, 6) is 0. The van der Waals surface area contributed by atoms with E-state index in [2.05, 4.69) is 45.3 Å². The quantitative estimate of drug-likeness (QED) is 0.239. The van der Waals surface area contributed by atoms with E-state index in [0.717, 1.165) is 58.0 Å². The van der Waals surface area contributed by atoms with Crippen LogP contribution in [-0.4, -0.2) is 31.4 Å². The molecule has 0 aliphatic carbocycles. The summed E-state index contributed by atoms with van der Waals surface area (Å²) in [7, 11) is 0. The second kappa shape index (κ2) is 16.4. The van der Waals surface area contributed by atoms with Crippen molar-refractivity contribution in [1.82, 2.24) is 21.4 Å². The van der Waals surface area contributed by atoms with Gasteiger partial charge >= 0.3 is 12.1 Å². The standard InChI is InChI=1S/C20H38N4O3/c1-2-3-13-16-21-19(25)22-17-14-11-9-7-5-4-6-8-10-12-15-18-23-20(26)27-24-18/h5,7,18,24H,2-4,6,8-17H2,1H3,(H,23,26)(H2,21,22,25)/b7-5-. The van der Waals surface area contributed by atoms with E-state index in [9.17, 15) is 9.59 Å². The van der Waals surface area contributed by atoms with Crippen LogP contribution >= 0.6 is 0 Å². The van der Waals surface area contributed by atoms with Crippen LogP contribution in [-0.2, 0) is 4.84 Å². The number of carbonyl (C=O) groups excluding carboxylic acids is 2. The van der Waals surface area contributed by atoms with E-state index >= 15 is 0 Å². The third-order valence-corrected chi connectivity index (χ3v) is 4.52. The van der Waals surface area contributed by atoms with Crippen LogP contribution in [0.1, 0.15) is 84.0 Å². The molecule has 1 saturated heterocycles. The van der Waals surface area contributed by atoms with Crippen LogP contribution < -0.4 is 21.4 Å². The minimum atomic E-state index is -0.383. The Labute approximate surface area is 164 Å². The highest BCUT2D eigenvalue weighted by Crippen LogP contribution is 2.09. The monoisotopic (exact) mass is 382 g/mol. The third kappa shape index (κ3) is 14.0. The average molecular weight is 383 g/mol. The predicted octanol–water partition coefficient (Wildman–Crippen LogP) is 4.11. The Hall–Kier alpha value is -1.76. The SMILES string of the molecule is CCCCCNC(=O)NCCCC/C=C\CCCCCCC1NOC(=O)N1. The Morgan fingerprint density at radius 2 is 1.59 bits per heavy atom. The Morgan fingerprint density at radius 3 is 2.22 bits per heavy atom. The van der Waals surface area contributed by atoms with Crippen LogP contribution in [0.3, 0.4) is 0 Å². The Balaban J connectivity index is 1.77. The molecular formula is C20H38N4O3. The van der Waals surface area contributed by atoms with Gasteiger partial charge in [0.1, 0.15) is 6.17 Å². The van der Waals surface area contributed by atoms with Crippen LogP contribution in [0.15, 0.2) is 12.2 Å². The van der Waals surface area contributed by atoms with Gasteiger partial charge in [0.25, 0.3) is 0 Å². The smallest absolute Gasteiger partial charge is 0.352 e. The molecule has 0 aromatic carbocycles. The maximum absolute atomic E-state index is 11.5. The number of hydrogen-bond donors (Lipinski definition) is 4. The topological polar surface area (TPSA) is 91.5 Å². The Bertz CT molecular complexity index is 429. The van der Waals surface area contributed by atoms with Gasteiger partial charge in [0.2, 0.25) is 0 Å². The maximum atomic E-state index is 11.5. The van der Waals surface area contributed by atoms with Crippen LogP contribution in [0, 0.1) is 0 Å². The van der Waals surface area contributed by atoms with Crippen molar-refractivity contribution in [2.75, 3.05) is 13.1 Å². The van der Waals surface area contributed by atoms with Gasteiger partial charge in [-0.2, -0.15) is 0 Å². The summed E-state index contributed by atoms with van der Waals surface area (Å²) in [4.78, 5) is 27.0. The van der Waals surface area contributed by atoms with Gasteiger partial charge in [-0.15, -0.1) is 5.48 Å². The molecule has 3 amide bonds. The van der Waals surface area contributed by atoms with E-state index in [1.165, 1.54) is 32.1 Å². The lowest BCUT2D eigenvalue weighted by Gasteiger charge is -2.06. The van der Waals surface area contributed by atoms with Gasteiger partial charge in [-0.25, -0.2) is 9.59 Å². The number of urea groups is 1. The number of unbranched alkanes of at least 4 members (excludes halogenated alkanes) is 8. The lowest BCUT2D eigenvalue weighted by molar-refractivity contribution is 0.120.